The maximum absolute atomic E-state index is 12.9. The molecule has 5 nitrogen and oxygen atoms in total. The molecule has 128 valence electrons. The summed E-state index contributed by atoms with van der Waals surface area (Å²) in [5, 5.41) is 8.65. The Morgan fingerprint density at radius 1 is 1.25 bits per heavy atom. The van der Waals surface area contributed by atoms with Crippen LogP contribution in [0, 0.1) is 11.8 Å². The molecule has 1 amide bonds. The minimum atomic E-state index is -0.181. The number of rotatable bonds is 3. The molecule has 1 aliphatic rings. The summed E-state index contributed by atoms with van der Waals surface area (Å²) in [4.78, 5) is 25.3. The lowest BCUT2D eigenvalue weighted by molar-refractivity contribution is 0.0885. The molecule has 3 rings (SSSR count). The molecule has 1 N–H and O–H groups in total. The van der Waals surface area contributed by atoms with Gasteiger partial charge in [0.2, 0.25) is 0 Å². The molecule has 1 fully saturated rings. The van der Waals surface area contributed by atoms with E-state index in [1.165, 1.54) is 11.1 Å². The summed E-state index contributed by atoms with van der Waals surface area (Å²) in [6.07, 6.45) is 3.36. The average Bonchev–Trinajstić information content (AvgIpc) is 2.59. The van der Waals surface area contributed by atoms with Gasteiger partial charge in [-0.15, -0.1) is 0 Å². The third-order valence-electron chi connectivity index (χ3n) is 5.41. The third-order valence-corrected chi connectivity index (χ3v) is 5.41. The second-order valence-corrected chi connectivity index (χ2v) is 6.86. The first-order valence-corrected chi connectivity index (χ1v) is 8.83. The van der Waals surface area contributed by atoms with E-state index in [1.54, 1.807) is 12.1 Å². The van der Waals surface area contributed by atoms with Crippen LogP contribution in [0.4, 0.5) is 0 Å². The van der Waals surface area contributed by atoms with Crippen molar-refractivity contribution in [2.24, 2.45) is 11.8 Å². The van der Waals surface area contributed by atoms with Crippen molar-refractivity contribution < 1.29 is 4.79 Å². The zero-order valence-corrected chi connectivity index (χ0v) is 14.6. The molecule has 0 bridgehead atoms. The van der Waals surface area contributed by atoms with E-state index in [0.717, 1.165) is 12.8 Å². The lowest BCUT2D eigenvalue weighted by Crippen LogP contribution is -2.44. The highest BCUT2D eigenvalue weighted by Gasteiger charge is 2.29. The Kier molecular flexibility index (Phi) is 4.69. The Labute approximate surface area is 142 Å². The van der Waals surface area contributed by atoms with Gasteiger partial charge in [0.15, 0.2) is 5.69 Å². The van der Waals surface area contributed by atoms with Crippen molar-refractivity contribution in [1.29, 1.82) is 0 Å². The zero-order valence-electron chi connectivity index (χ0n) is 14.6. The number of fused-ring (bicyclic) bond motifs is 1. The molecule has 1 aromatic carbocycles. The van der Waals surface area contributed by atoms with E-state index in [1.807, 2.05) is 19.1 Å². The van der Waals surface area contributed by atoms with Crippen molar-refractivity contribution in [3.8, 4) is 0 Å². The van der Waals surface area contributed by atoms with Crippen molar-refractivity contribution in [3.05, 3.63) is 40.3 Å². The average molecular weight is 327 g/mol. The van der Waals surface area contributed by atoms with Crippen LogP contribution >= 0.6 is 0 Å². The van der Waals surface area contributed by atoms with Crippen LogP contribution in [0.1, 0.15) is 50.5 Å². The molecule has 24 heavy (non-hydrogen) atoms. The Morgan fingerprint density at radius 3 is 2.67 bits per heavy atom. The van der Waals surface area contributed by atoms with Gasteiger partial charge in [0, 0.05) is 18.0 Å². The van der Waals surface area contributed by atoms with Crippen molar-refractivity contribution in [3.63, 3.8) is 0 Å². The standard InChI is InChI=1S/C19H25N3O2/c1-4-22-19(24)15-10-6-5-9-14(15)17(21-22)18(23)20-16-11-7-8-12(2)13(16)3/h5-6,9-10,12-13,16H,4,7-8,11H2,1-3H3,(H,20,23)/t12-,13-,16-/m0/s1. The van der Waals surface area contributed by atoms with E-state index in [0.29, 0.717) is 34.8 Å². The maximum Gasteiger partial charge on any atom is 0.274 e. The first kappa shape index (κ1) is 16.7. The largest absolute Gasteiger partial charge is 0.348 e. The van der Waals surface area contributed by atoms with Gasteiger partial charge < -0.3 is 5.32 Å². The van der Waals surface area contributed by atoms with Gasteiger partial charge in [0.05, 0.1) is 5.39 Å². The van der Waals surface area contributed by atoms with Crippen LogP contribution in [-0.2, 0) is 6.54 Å². The number of carbonyl (C=O) groups excluding carboxylic acids is 1. The second-order valence-electron chi connectivity index (χ2n) is 6.86. The molecule has 0 unspecified atom stereocenters. The van der Waals surface area contributed by atoms with Gasteiger partial charge in [-0.25, -0.2) is 4.68 Å². The molecule has 1 saturated carbocycles. The number of nitrogens with zero attached hydrogens (tertiary/aromatic N) is 2. The van der Waals surface area contributed by atoms with E-state index in [9.17, 15) is 9.59 Å². The van der Waals surface area contributed by atoms with Crippen molar-refractivity contribution in [2.45, 2.75) is 52.6 Å². The number of carbonyl (C=O) groups is 1. The van der Waals surface area contributed by atoms with Crippen LogP contribution in [0.15, 0.2) is 29.1 Å². The second kappa shape index (κ2) is 6.75. The molecule has 1 aliphatic carbocycles. The van der Waals surface area contributed by atoms with Crippen LogP contribution in [0.25, 0.3) is 10.8 Å². The van der Waals surface area contributed by atoms with Crippen LogP contribution in [0.3, 0.4) is 0 Å². The minimum Gasteiger partial charge on any atom is -0.348 e. The maximum atomic E-state index is 12.9. The van der Waals surface area contributed by atoms with E-state index < -0.39 is 0 Å². The lowest BCUT2D eigenvalue weighted by atomic mass is 9.78. The molecule has 2 aromatic rings. The van der Waals surface area contributed by atoms with Crippen molar-refractivity contribution in [2.75, 3.05) is 0 Å². The van der Waals surface area contributed by atoms with Crippen LogP contribution in [0.2, 0.25) is 0 Å². The Bertz CT molecular complexity index is 812. The van der Waals surface area contributed by atoms with Crippen LogP contribution in [-0.4, -0.2) is 21.7 Å². The number of hydrogen-bond donors (Lipinski definition) is 1. The number of nitrogens with one attached hydrogen (secondary N) is 1. The minimum absolute atomic E-state index is 0.149. The van der Waals surface area contributed by atoms with Crippen LogP contribution < -0.4 is 10.9 Å². The predicted molar refractivity (Wildman–Crippen MR) is 95.1 cm³/mol. The van der Waals surface area contributed by atoms with Gasteiger partial charge in [-0.05, 0) is 31.2 Å². The normalized spacial score (nSPS) is 24.0. The van der Waals surface area contributed by atoms with E-state index in [-0.39, 0.29) is 17.5 Å². The van der Waals surface area contributed by atoms with Crippen molar-refractivity contribution in [1.82, 2.24) is 15.1 Å². The smallest absolute Gasteiger partial charge is 0.274 e. The molecule has 1 heterocycles. The van der Waals surface area contributed by atoms with E-state index in [2.05, 4.69) is 24.3 Å². The molecule has 3 atom stereocenters. The first-order chi connectivity index (χ1) is 11.5. The summed E-state index contributed by atoms with van der Waals surface area (Å²) in [6, 6.07) is 7.38. The SMILES string of the molecule is CCn1nc(C(=O)N[C@H]2CCC[C@H](C)[C@@H]2C)c2ccccc2c1=O. The predicted octanol–water partition coefficient (Wildman–Crippen LogP) is 2.97. The highest BCUT2D eigenvalue weighted by molar-refractivity contribution is 6.04. The number of benzene rings is 1. The fourth-order valence-electron chi connectivity index (χ4n) is 3.64. The highest BCUT2D eigenvalue weighted by atomic mass is 16.2. The van der Waals surface area contributed by atoms with Gasteiger partial charge in [-0.2, -0.15) is 5.10 Å². The molecule has 1 aromatic heterocycles. The molecule has 0 radical (unpaired) electrons. The van der Waals surface area contributed by atoms with Gasteiger partial charge in [0.1, 0.15) is 0 Å². The van der Waals surface area contributed by atoms with Gasteiger partial charge >= 0.3 is 0 Å². The fraction of sp³-hybridized carbons (Fsp3) is 0.526. The third kappa shape index (κ3) is 2.95. The fourth-order valence-corrected chi connectivity index (χ4v) is 3.64. The highest BCUT2D eigenvalue weighted by Crippen LogP contribution is 2.29. The monoisotopic (exact) mass is 327 g/mol. The van der Waals surface area contributed by atoms with Gasteiger partial charge in [0.25, 0.3) is 11.5 Å². The van der Waals surface area contributed by atoms with Gasteiger partial charge in [-0.3, -0.25) is 9.59 Å². The van der Waals surface area contributed by atoms with E-state index in [4.69, 9.17) is 0 Å². The molecule has 5 heteroatoms. The molecule has 0 aliphatic heterocycles. The molecular formula is C19H25N3O2. The summed E-state index contributed by atoms with van der Waals surface area (Å²) in [6.45, 7) is 6.75. The zero-order chi connectivity index (χ0) is 17.3. The quantitative estimate of drug-likeness (QED) is 0.942. The summed E-state index contributed by atoms with van der Waals surface area (Å²) in [5.41, 5.74) is 0.196. The summed E-state index contributed by atoms with van der Waals surface area (Å²) >= 11 is 0. The lowest BCUT2D eigenvalue weighted by Gasteiger charge is -2.34. The Balaban J connectivity index is 1.98. The van der Waals surface area contributed by atoms with Crippen molar-refractivity contribution >= 4 is 16.7 Å². The molecule has 0 spiro atoms. The van der Waals surface area contributed by atoms with Crippen LogP contribution in [0.5, 0.6) is 0 Å². The molecular weight excluding hydrogens is 302 g/mol. The van der Waals surface area contributed by atoms with Gasteiger partial charge in [-0.1, -0.05) is 44.9 Å². The number of aryl methyl sites for hydroxylation is 1. The first-order valence-electron chi connectivity index (χ1n) is 8.83. The van der Waals surface area contributed by atoms with E-state index >= 15 is 0 Å². The summed E-state index contributed by atoms with van der Waals surface area (Å²) in [7, 11) is 0. The number of amides is 1. The number of aromatic nitrogens is 2. The summed E-state index contributed by atoms with van der Waals surface area (Å²) < 4.78 is 1.37. The Morgan fingerprint density at radius 2 is 1.96 bits per heavy atom. The number of hydrogen-bond acceptors (Lipinski definition) is 3. The Hall–Kier alpha value is -2.17. The summed E-state index contributed by atoms with van der Waals surface area (Å²) in [5.74, 6) is 0.878. The topological polar surface area (TPSA) is 64.0 Å². The molecule has 0 saturated heterocycles.